The second kappa shape index (κ2) is 70.9. The number of unbranched alkanes of at least 4 members (excludes halogenated alkanes) is 34. The molecule has 0 aromatic heterocycles. The van der Waals surface area contributed by atoms with Gasteiger partial charge in [-0.15, -0.1) is 0 Å². The lowest BCUT2D eigenvalue weighted by atomic mass is 9.91. The van der Waals surface area contributed by atoms with Crippen LogP contribution in [-0.4, -0.2) is 152 Å². The molecule has 138 heavy (non-hydrogen) atoms. The van der Waals surface area contributed by atoms with Gasteiger partial charge in [0.15, 0.2) is 18.5 Å². The Hall–Kier alpha value is -6.70. The van der Waals surface area contributed by atoms with Gasteiger partial charge >= 0.3 is 25.9 Å². The van der Waals surface area contributed by atoms with Crippen molar-refractivity contribution in [3.05, 3.63) is 204 Å². The summed E-state index contributed by atoms with van der Waals surface area (Å²) in [5, 5.41) is 19.8. The number of hydrogen-bond donors (Lipinski definition) is 3. The molecular formula is C112H166Cl3N2O20P. The van der Waals surface area contributed by atoms with Crippen LogP contribution in [0.15, 0.2) is 182 Å². The Morgan fingerprint density at radius 1 is 0.420 bits per heavy atom. The van der Waals surface area contributed by atoms with Crippen LogP contribution in [0.2, 0.25) is 0 Å². The summed E-state index contributed by atoms with van der Waals surface area (Å²) in [5.74, 6) is -1.53. The highest BCUT2D eigenvalue weighted by molar-refractivity contribution is 7.49. The minimum atomic E-state index is -4.98. The molecule has 2 aliphatic rings. The van der Waals surface area contributed by atoms with E-state index in [1.54, 1.807) is 60.7 Å². The Bertz CT molecular complexity index is 4060. The van der Waals surface area contributed by atoms with Crippen molar-refractivity contribution in [2.24, 2.45) is 0 Å². The van der Waals surface area contributed by atoms with Gasteiger partial charge in [0.1, 0.15) is 66.9 Å². The molecule has 26 heteroatoms. The highest BCUT2D eigenvalue weighted by Gasteiger charge is 2.56. The number of aliphatic hydroxyl groups excluding tert-OH is 1. The summed E-state index contributed by atoms with van der Waals surface area (Å²) >= 11 is 19.0. The molecule has 2 saturated heterocycles. The van der Waals surface area contributed by atoms with E-state index in [-0.39, 0.29) is 69.3 Å². The van der Waals surface area contributed by atoms with Crippen LogP contribution < -0.4 is 19.7 Å². The topological polar surface area (TPSA) is 259 Å². The quantitative estimate of drug-likeness (QED) is 0.0105. The van der Waals surface area contributed by atoms with Crippen molar-refractivity contribution in [3.8, 4) is 11.5 Å². The summed E-state index contributed by atoms with van der Waals surface area (Å²) in [7, 11) is -3.55. The fourth-order valence-corrected chi connectivity index (χ4v) is 19.5. The number of esters is 2. The molecule has 2 heterocycles. The number of aliphatic hydroxyl groups is 1. The molecule has 0 bridgehead atoms. The lowest BCUT2D eigenvalue weighted by Gasteiger charge is -2.47. The van der Waals surface area contributed by atoms with Crippen molar-refractivity contribution in [2.75, 3.05) is 40.1 Å². The molecule has 13 atom stereocenters. The molecule has 0 aliphatic carbocycles. The summed E-state index contributed by atoms with van der Waals surface area (Å²) in [6.45, 7) is 7.53. The van der Waals surface area contributed by atoms with E-state index in [0.717, 1.165) is 120 Å². The van der Waals surface area contributed by atoms with Crippen molar-refractivity contribution in [1.82, 2.24) is 10.6 Å². The van der Waals surface area contributed by atoms with Gasteiger partial charge in [-0.2, -0.15) is 0 Å². The lowest BCUT2D eigenvalue weighted by molar-refractivity contribution is -0.290. The molecule has 2 aliphatic heterocycles. The van der Waals surface area contributed by atoms with Crippen LogP contribution in [-0.2, 0) is 88.8 Å². The smallest absolute Gasteiger partial charge is 0.462 e. The van der Waals surface area contributed by atoms with Crippen LogP contribution in [0.1, 0.15) is 345 Å². The average Bonchev–Trinajstić information content (AvgIpc) is 0.770. The van der Waals surface area contributed by atoms with Crippen molar-refractivity contribution in [1.29, 1.82) is 0 Å². The average molecular weight is 2000 g/mol. The number of ether oxygens (including phenoxy) is 11. The molecule has 8 rings (SSSR count). The highest BCUT2D eigenvalue weighted by atomic mass is 35.6. The first-order valence-electron chi connectivity index (χ1n) is 52.6. The zero-order valence-corrected chi connectivity index (χ0v) is 86.6. The van der Waals surface area contributed by atoms with E-state index in [0.29, 0.717) is 49.8 Å². The molecule has 0 unspecified atom stereocenters. The number of methoxy groups -OCH3 is 1. The Kier molecular flexibility index (Phi) is 59.9. The summed E-state index contributed by atoms with van der Waals surface area (Å²) in [4.78, 5) is 60.9. The first-order chi connectivity index (χ1) is 67.4. The second-order valence-corrected chi connectivity index (χ2v) is 41.4. The molecule has 0 spiro atoms. The number of alkyl carbamates (subject to hydrolysis) is 1. The molecular weight excluding hydrogens is 1830 g/mol. The van der Waals surface area contributed by atoms with Gasteiger partial charge in [0, 0.05) is 26.6 Å². The number of para-hydroxylation sites is 2. The third-order valence-electron chi connectivity index (χ3n) is 25.7. The molecule has 0 saturated carbocycles. The van der Waals surface area contributed by atoms with E-state index >= 15 is 14.2 Å². The molecule has 2 amide bonds. The number of rotatable bonds is 77. The monoisotopic (exact) mass is 2000 g/mol. The molecule has 22 nitrogen and oxygen atoms in total. The number of carbonyl (C=O) groups excluding carboxylic acids is 4. The van der Waals surface area contributed by atoms with Gasteiger partial charge in [-0.3, -0.25) is 14.1 Å². The summed E-state index contributed by atoms with van der Waals surface area (Å²) < 4.78 is 107. The first-order valence-corrected chi connectivity index (χ1v) is 55.2. The van der Waals surface area contributed by atoms with E-state index in [2.05, 4.69) is 38.3 Å². The van der Waals surface area contributed by atoms with Gasteiger partial charge in [0.2, 0.25) is 9.70 Å². The fraction of sp³-hybridized carbons (Fsp3) is 0.643. The number of phosphoric ester groups is 1. The third kappa shape index (κ3) is 48.1. The van der Waals surface area contributed by atoms with Crippen molar-refractivity contribution in [2.45, 2.75) is 419 Å². The third-order valence-corrected chi connectivity index (χ3v) is 27.4. The summed E-state index contributed by atoms with van der Waals surface area (Å²) in [6, 6.07) is 51.9. The number of phosphoric acid groups is 1. The molecule has 2 fully saturated rings. The maximum Gasteiger partial charge on any atom is 0.588 e. The number of nitrogens with one attached hydrogen (secondary N) is 2. The summed E-state index contributed by atoms with van der Waals surface area (Å²) in [5.41, 5.74) is 3.20. The molecule has 770 valence electrons. The number of halogens is 3. The van der Waals surface area contributed by atoms with E-state index in [9.17, 15) is 14.7 Å². The lowest BCUT2D eigenvalue weighted by Crippen LogP contribution is -2.68. The van der Waals surface area contributed by atoms with Crippen LogP contribution >= 0.6 is 42.6 Å². The molecule has 6 aromatic rings. The normalized spacial score (nSPS) is 19.1. The number of alkyl halides is 3. The number of amides is 2. The van der Waals surface area contributed by atoms with Crippen LogP contribution in [0.5, 0.6) is 11.5 Å². The van der Waals surface area contributed by atoms with E-state index in [1.807, 2.05) is 121 Å². The number of hydrogen-bond acceptors (Lipinski definition) is 20. The van der Waals surface area contributed by atoms with Gasteiger partial charge in [-0.1, -0.05) is 451 Å². The predicted octanol–water partition coefficient (Wildman–Crippen LogP) is 27.9. The number of benzene rings is 6. The zero-order valence-electron chi connectivity index (χ0n) is 83.5. The van der Waals surface area contributed by atoms with Crippen molar-refractivity contribution in [3.63, 3.8) is 0 Å². The van der Waals surface area contributed by atoms with Crippen molar-refractivity contribution < 1.29 is 94.5 Å². The van der Waals surface area contributed by atoms with E-state index < -0.39 is 122 Å². The Balaban J connectivity index is 1.20. The van der Waals surface area contributed by atoms with Gasteiger partial charge in [-0.05, 0) is 85.0 Å². The maximum atomic E-state index is 16.3. The minimum Gasteiger partial charge on any atom is -0.462 e. The molecule has 3 N–H and O–H groups in total. The molecule has 6 aromatic carbocycles. The van der Waals surface area contributed by atoms with Crippen LogP contribution in [0.4, 0.5) is 4.79 Å². The van der Waals surface area contributed by atoms with Crippen LogP contribution in [0.25, 0.3) is 0 Å². The van der Waals surface area contributed by atoms with Gasteiger partial charge < -0.3 is 76.9 Å². The van der Waals surface area contributed by atoms with Gasteiger partial charge in [-0.25, -0.2) is 14.2 Å². The molecule has 0 radical (unpaired) electrons. The standard InChI is InChI=1S/C112H166Cl3N2O20P/c1-6-10-14-18-22-26-27-31-35-39-61-77-100(119)131-93(71-55-37-33-29-24-20-16-12-8-3)79-81-126-107-102(117-111(122)130-87-112(113,114)115)110(133-98(85-124-5)105(107)137-138(123,135-94-72-57-44-58-73-94)136-95-74-59-45-60-75-95)129-86-97-103(120)106(125-80-78-92(127-83-88-62-46-40-47-63-88)70-54-36-32-28-23-19-15-11-7-2)101(108(132-97)109(121)134-104(90-66-50-42-51-67-90)91-68-52-43-53-69-91)116-99(118)82-96(128-84-89-64-48-41-49-65-89)76-56-38-34-30-25-21-17-13-9-4/h40-53,57-60,62-69,72-75,92-93,96-98,101-108,110,120H,6-39,54-56,61,70-71,76-87H2,1-5H3,(H,116,118)(H,117,122)/t92-,93-,96-,97-,98-,101-,102-,103-,105-,106-,107-,108+,110-/m1/s1. The number of carbonyl (C=O) groups is 4. The first kappa shape index (κ1) is 117. The van der Waals surface area contributed by atoms with Crippen molar-refractivity contribution >= 4 is 66.6 Å². The SMILES string of the molecule is CCCCCCCCCCCCCC(=O)O[C@H](CCCCCCCCCCC)CCO[C@@H]1[C@@H](NC(=O)OCC(Cl)(Cl)Cl)[C@H](OC[C@H]2O[C@H](C(=O)OC(c3ccccc3)c3ccccc3)[C@H](NC(=O)C[C@@H](CCCCCCCCCCC)OCc3ccccc3)[C@@H](OCC[C@@H](CCCCCCCCCCC)OCc3ccccc3)[C@@H]2O)O[C@H](COC)[C@H]1OP(=O)(Oc1ccccc1)Oc1ccccc1. The fourth-order valence-electron chi connectivity index (χ4n) is 17.9. The van der Waals surface area contributed by atoms with Gasteiger partial charge in [0.25, 0.3) is 0 Å². The van der Waals surface area contributed by atoms with Gasteiger partial charge in [0.05, 0.1) is 57.7 Å². The Labute approximate surface area is 841 Å². The maximum absolute atomic E-state index is 16.3. The predicted molar refractivity (Wildman–Crippen MR) is 549 cm³/mol. The van der Waals surface area contributed by atoms with Crippen LogP contribution in [0.3, 0.4) is 0 Å². The highest BCUT2D eigenvalue weighted by Crippen LogP contribution is 2.53. The van der Waals surface area contributed by atoms with Crippen LogP contribution in [0, 0.1) is 0 Å². The summed E-state index contributed by atoms with van der Waals surface area (Å²) in [6.07, 6.45) is 28.0. The zero-order chi connectivity index (χ0) is 98.2. The Morgan fingerprint density at radius 2 is 0.819 bits per heavy atom. The minimum absolute atomic E-state index is 0.0317. The van der Waals surface area contributed by atoms with E-state index in [4.69, 9.17) is 100 Å². The largest absolute Gasteiger partial charge is 0.588 e. The second-order valence-electron chi connectivity index (χ2n) is 37.4. The Morgan fingerprint density at radius 3 is 1.27 bits per heavy atom. The van der Waals surface area contributed by atoms with E-state index in [1.165, 1.54) is 136 Å².